The number of carbonyl (C=O) groups excluding carboxylic acids is 2. The number of hydrogen-bond acceptors (Lipinski definition) is 5. The molecule has 0 bridgehead atoms. The molecule has 1 aliphatic carbocycles. The van der Waals surface area contributed by atoms with Crippen molar-refractivity contribution in [1.29, 1.82) is 0 Å². The van der Waals surface area contributed by atoms with Crippen molar-refractivity contribution in [2.75, 3.05) is 32.8 Å². The first kappa shape index (κ1) is 18.4. The summed E-state index contributed by atoms with van der Waals surface area (Å²) in [5.41, 5.74) is 0.532. The minimum Gasteiger partial charge on any atom is -0.365 e. The highest BCUT2D eigenvalue weighted by Crippen LogP contribution is 2.29. The Labute approximate surface area is 160 Å². The van der Waals surface area contributed by atoms with Crippen molar-refractivity contribution in [2.45, 2.75) is 50.3 Å². The summed E-state index contributed by atoms with van der Waals surface area (Å²) in [5, 5.41) is 2.89. The van der Waals surface area contributed by atoms with Gasteiger partial charge in [0.15, 0.2) is 0 Å². The van der Waals surface area contributed by atoms with Gasteiger partial charge >= 0.3 is 0 Å². The standard InChI is InChI=1S/C20H28N4O3/c25-19-14-27-18(12-22-20(26)15-3-2-8-21-11-15)13-24(19)17-6-9-23(10-7-17)16-4-1-5-16/h2-3,8,11,16-18H,1,4-7,9-10,12-14H2,(H,22,26). The van der Waals surface area contributed by atoms with Crippen LogP contribution in [0.4, 0.5) is 0 Å². The molecule has 27 heavy (non-hydrogen) atoms. The van der Waals surface area contributed by atoms with E-state index >= 15 is 0 Å². The summed E-state index contributed by atoms with van der Waals surface area (Å²) in [6.07, 6.45) is 9.13. The number of likely N-dealkylation sites (tertiary alicyclic amines) is 1. The average molecular weight is 372 g/mol. The molecule has 0 radical (unpaired) electrons. The first-order chi connectivity index (χ1) is 13.2. The molecule has 0 spiro atoms. The maximum absolute atomic E-state index is 12.4. The zero-order chi connectivity index (χ0) is 18.6. The number of nitrogens with zero attached hydrogens (tertiary/aromatic N) is 3. The number of rotatable bonds is 5. The molecule has 1 aromatic rings. The number of amides is 2. The number of hydrogen-bond donors (Lipinski definition) is 1. The molecule has 2 amide bonds. The van der Waals surface area contributed by atoms with Gasteiger partial charge in [0, 0.05) is 50.7 Å². The molecule has 4 rings (SSSR count). The van der Waals surface area contributed by atoms with E-state index in [2.05, 4.69) is 15.2 Å². The maximum Gasteiger partial charge on any atom is 0.252 e. The lowest BCUT2D eigenvalue weighted by Crippen LogP contribution is -2.57. The SMILES string of the molecule is O=C(NCC1CN(C2CCN(C3CCC3)CC2)C(=O)CO1)c1cccnc1. The second kappa shape index (κ2) is 8.35. The van der Waals surface area contributed by atoms with Crippen molar-refractivity contribution in [1.82, 2.24) is 20.1 Å². The van der Waals surface area contributed by atoms with Gasteiger partial charge in [-0.3, -0.25) is 14.6 Å². The number of morpholine rings is 1. The highest BCUT2D eigenvalue weighted by molar-refractivity contribution is 5.93. The minimum atomic E-state index is -0.163. The maximum atomic E-state index is 12.4. The van der Waals surface area contributed by atoms with Gasteiger partial charge in [0.25, 0.3) is 5.91 Å². The second-order valence-electron chi connectivity index (χ2n) is 7.78. The lowest BCUT2D eigenvalue weighted by Gasteiger charge is -2.45. The van der Waals surface area contributed by atoms with E-state index in [9.17, 15) is 9.59 Å². The van der Waals surface area contributed by atoms with Crippen molar-refractivity contribution in [3.8, 4) is 0 Å². The monoisotopic (exact) mass is 372 g/mol. The molecule has 3 fully saturated rings. The van der Waals surface area contributed by atoms with E-state index < -0.39 is 0 Å². The Balaban J connectivity index is 1.27. The molecule has 7 heteroatoms. The van der Waals surface area contributed by atoms with Crippen LogP contribution in [0.25, 0.3) is 0 Å². The largest absolute Gasteiger partial charge is 0.365 e. The summed E-state index contributed by atoms with van der Waals surface area (Å²) < 4.78 is 5.65. The highest BCUT2D eigenvalue weighted by atomic mass is 16.5. The molecule has 1 atom stereocenters. The average Bonchev–Trinajstić information content (AvgIpc) is 2.67. The molecule has 1 aromatic heterocycles. The van der Waals surface area contributed by atoms with Gasteiger partial charge in [0.05, 0.1) is 11.7 Å². The molecule has 0 aromatic carbocycles. The zero-order valence-electron chi connectivity index (χ0n) is 15.7. The first-order valence-corrected chi connectivity index (χ1v) is 10.0. The van der Waals surface area contributed by atoms with E-state index in [0.29, 0.717) is 24.7 Å². The molecule has 146 valence electrons. The Morgan fingerprint density at radius 2 is 2.04 bits per heavy atom. The third-order valence-electron chi connectivity index (χ3n) is 6.11. The smallest absolute Gasteiger partial charge is 0.252 e. The molecule has 2 saturated heterocycles. The molecule has 7 nitrogen and oxygen atoms in total. The van der Waals surface area contributed by atoms with E-state index in [-0.39, 0.29) is 24.5 Å². The lowest BCUT2D eigenvalue weighted by atomic mass is 9.89. The third-order valence-corrected chi connectivity index (χ3v) is 6.11. The summed E-state index contributed by atoms with van der Waals surface area (Å²) in [6, 6.07) is 4.55. The Morgan fingerprint density at radius 1 is 1.22 bits per heavy atom. The number of carbonyl (C=O) groups is 2. The molecular weight excluding hydrogens is 344 g/mol. The Kier molecular flexibility index (Phi) is 5.69. The van der Waals surface area contributed by atoms with Crippen LogP contribution in [0.2, 0.25) is 0 Å². The van der Waals surface area contributed by atoms with Crippen LogP contribution in [0.15, 0.2) is 24.5 Å². The molecule has 3 heterocycles. The quantitative estimate of drug-likeness (QED) is 0.836. The van der Waals surface area contributed by atoms with Gasteiger partial charge in [-0.15, -0.1) is 0 Å². The topological polar surface area (TPSA) is 74.8 Å². The van der Waals surface area contributed by atoms with E-state index in [0.717, 1.165) is 32.0 Å². The van der Waals surface area contributed by atoms with Gasteiger partial charge in [-0.1, -0.05) is 6.42 Å². The molecule has 1 unspecified atom stereocenters. The van der Waals surface area contributed by atoms with Gasteiger partial charge in [-0.05, 0) is 37.8 Å². The van der Waals surface area contributed by atoms with Crippen LogP contribution in [-0.4, -0.2) is 77.6 Å². The first-order valence-electron chi connectivity index (χ1n) is 10.0. The third kappa shape index (κ3) is 4.30. The molecule has 2 aliphatic heterocycles. The van der Waals surface area contributed by atoms with Crippen molar-refractivity contribution in [3.05, 3.63) is 30.1 Å². The van der Waals surface area contributed by atoms with E-state index in [1.54, 1.807) is 24.5 Å². The molecule has 1 saturated carbocycles. The predicted octanol–water partition coefficient (Wildman–Crippen LogP) is 1.06. The lowest BCUT2D eigenvalue weighted by molar-refractivity contribution is -0.153. The predicted molar refractivity (Wildman–Crippen MR) is 100 cm³/mol. The van der Waals surface area contributed by atoms with Crippen molar-refractivity contribution in [3.63, 3.8) is 0 Å². The normalized spacial score (nSPS) is 25.3. The van der Waals surface area contributed by atoms with Crippen LogP contribution in [-0.2, 0) is 9.53 Å². The number of nitrogens with one attached hydrogen (secondary N) is 1. The molecular formula is C20H28N4O3. The van der Waals surface area contributed by atoms with Gasteiger partial charge in [0.1, 0.15) is 6.61 Å². The van der Waals surface area contributed by atoms with E-state index in [1.165, 1.54) is 19.3 Å². The van der Waals surface area contributed by atoms with Gasteiger partial charge in [-0.2, -0.15) is 0 Å². The summed E-state index contributed by atoms with van der Waals surface area (Å²) in [4.78, 5) is 33.1. The van der Waals surface area contributed by atoms with Crippen LogP contribution in [0.3, 0.4) is 0 Å². The molecule has 3 aliphatic rings. The summed E-state index contributed by atoms with van der Waals surface area (Å²) in [5.74, 6) is -0.0871. The summed E-state index contributed by atoms with van der Waals surface area (Å²) in [7, 11) is 0. The number of aromatic nitrogens is 1. The van der Waals surface area contributed by atoms with E-state index in [4.69, 9.17) is 4.74 Å². The number of ether oxygens (including phenoxy) is 1. The Bertz CT molecular complexity index is 656. The minimum absolute atomic E-state index is 0.0759. The van der Waals surface area contributed by atoms with Crippen LogP contribution >= 0.6 is 0 Å². The van der Waals surface area contributed by atoms with E-state index in [1.807, 2.05) is 4.90 Å². The van der Waals surface area contributed by atoms with Gasteiger partial charge in [-0.25, -0.2) is 0 Å². The number of pyridine rings is 1. The number of piperidine rings is 1. The van der Waals surface area contributed by atoms with Crippen molar-refractivity contribution in [2.24, 2.45) is 0 Å². The highest BCUT2D eigenvalue weighted by Gasteiger charge is 2.35. The fourth-order valence-electron chi connectivity index (χ4n) is 4.24. The van der Waals surface area contributed by atoms with Crippen molar-refractivity contribution < 1.29 is 14.3 Å². The van der Waals surface area contributed by atoms with Gasteiger partial charge < -0.3 is 19.9 Å². The van der Waals surface area contributed by atoms with Crippen molar-refractivity contribution >= 4 is 11.8 Å². The summed E-state index contributed by atoms with van der Waals surface area (Å²) in [6.45, 7) is 3.24. The van der Waals surface area contributed by atoms with Crippen LogP contribution in [0, 0.1) is 0 Å². The Hall–Kier alpha value is -1.99. The van der Waals surface area contributed by atoms with Crippen LogP contribution in [0.1, 0.15) is 42.5 Å². The summed E-state index contributed by atoms with van der Waals surface area (Å²) >= 11 is 0. The van der Waals surface area contributed by atoms with Gasteiger partial charge in [0.2, 0.25) is 5.91 Å². The zero-order valence-corrected chi connectivity index (χ0v) is 15.7. The van der Waals surface area contributed by atoms with Crippen LogP contribution in [0.5, 0.6) is 0 Å². The fourth-order valence-corrected chi connectivity index (χ4v) is 4.24. The second-order valence-corrected chi connectivity index (χ2v) is 7.78. The Morgan fingerprint density at radius 3 is 2.70 bits per heavy atom. The van der Waals surface area contributed by atoms with Crippen LogP contribution < -0.4 is 5.32 Å². The fraction of sp³-hybridized carbons (Fsp3) is 0.650. The molecule has 1 N–H and O–H groups in total.